The number of fused-ring (bicyclic) bond motifs is 4. The summed E-state index contributed by atoms with van der Waals surface area (Å²) in [5, 5.41) is 0. The molecule has 5 heteroatoms. The molecule has 0 saturated heterocycles. The van der Waals surface area contributed by atoms with Gasteiger partial charge in [0.15, 0.2) is 5.90 Å². The number of carbonyl (C=O) groups excluding carboxylic acids is 2. The number of ether oxygens (including phenoxy) is 1. The monoisotopic (exact) mass is 424 g/mol. The Morgan fingerprint density at radius 1 is 0.844 bits per heavy atom. The zero-order valence-corrected chi connectivity index (χ0v) is 18.5. The first kappa shape index (κ1) is 20.2. The van der Waals surface area contributed by atoms with Crippen LogP contribution < -0.4 is 0 Å². The fourth-order valence-corrected chi connectivity index (χ4v) is 4.34. The fraction of sp³-hybridized carbons (Fsp3) is 0.222. The molecule has 1 spiro atoms. The molecule has 5 rings (SSSR count). The molecule has 2 amide bonds. The Morgan fingerprint density at radius 2 is 1.53 bits per heavy atom. The molecule has 2 heterocycles. The van der Waals surface area contributed by atoms with E-state index in [-0.39, 0.29) is 5.91 Å². The standard InChI is InChI=1S/C27H24N2O3/c1-26(2,3)24-28-22-15-14-18(17-10-6-5-7-11-17)16-21(22)27(32-24)20-13-9-8-12-19(20)23(30)29(4)25(27)31/h5-16H,1-4H3. The topological polar surface area (TPSA) is 59.0 Å². The van der Waals surface area contributed by atoms with E-state index in [4.69, 9.17) is 9.73 Å². The second-order valence-corrected chi connectivity index (χ2v) is 9.26. The highest BCUT2D eigenvalue weighted by molar-refractivity contribution is 6.15. The third-order valence-corrected chi connectivity index (χ3v) is 6.04. The van der Waals surface area contributed by atoms with Gasteiger partial charge in [-0.15, -0.1) is 0 Å². The second kappa shape index (κ2) is 6.89. The van der Waals surface area contributed by atoms with Gasteiger partial charge in [-0.25, -0.2) is 4.99 Å². The quantitative estimate of drug-likeness (QED) is 0.497. The van der Waals surface area contributed by atoms with Crippen LogP contribution in [0.1, 0.15) is 42.3 Å². The smallest absolute Gasteiger partial charge is 0.283 e. The van der Waals surface area contributed by atoms with Crippen molar-refractivity contribution in [2.24, 2.45) is 10.4 Å². The van der Waals surface area contributed by atoms with Gasteiger partial charge in [0.2, 0.25) is 5.60 Å². The van der Waals surface area contributed by atoms with E-state index in [0.29, 0.717) is 28.3 Å². The van der Waals surface area contributed by atoms with Gasteiger partial charge in [-0.1, -0.05) is 75.4 Å². The van der Waals surface area contributed by atoms with Crippen molar-refractivity contribution >= 4 is 23.4 Å². The molecular weight excluding hydrogens is 400 g/mol. The molecule has 3 aromatic rings. The molecule has 2 aliphatic rings. The highest BCUT2D eigenvalue weighted by Gasteiger charge is 2.57. The predicted octanol–water partition coefficient (Wildman–Crippen LogP) is 5.32. The molecule has 0 aliphatic carbocycles. The molecule has 1 unspecified atom stereocenters. The molecule has 32 heavy (non-hydrogen) atoms. The van der Waals surface area contributed by atoms with Gasteiger partial charge in [-0.3, -0.25) is 14.5 Å². The van der Waals surface area contributed by atoms with Crippen molar-refractivity contribution in [2.45, 2.75) is 26.4 Å². The number of likely N-dealkylation sites (N-methyl/N-ethyl adjacent to an activating group) is 1. The first-order valence-electron chi connectivity index (χ1n) is 10.6. The first-order chi connectivity index (χ1) is 15.2. The summed E-state index contributed by atoms with van der Waals surface area (Å²) in [6.45, 7) is 5.99. The number of hydrogen-bond donors (Lipinski definition) is 0. The van der Waals surface area contributed by atoms with Gasteiger partial charge in [0, 0.05) is 29.2 Å². The van der Waals surface area contributed by atoms with Crippen LogP contribution >= 0.6 is 0 Å². The van der Waals surface area contributed by atoms with Crippen LogP contribution in [0.3, 0.4) is 0 Å². The van der Waals surface area contributed by atoms with Crippen molar-refractivity contribution in [2.75, 3.05) is 7.05 Å². The number of imide groups is 1. The summed E-state index contributed by atoms with van der Waals surface area (Å²) in [7, 11) is 1.51. The molecular formula is C27H24N2O3. The van der Waals surface area contributed by atoms with Crippen molar-refractivity contribution < 1.29 is 14.3 Å². The van der Waals surface area contributed by atoms with Crippen LogP contribution in [0.4, 0.5) is 5.69 Å². The lowest BCUT2D eigenvalue weighted by molar-refractivity contribution is -0.144. The van der Waals surface area contributed by atoms with E-state index in [2.05, 4.69) is 0 Å². The minimum absolute atomic E-state index is 0.333. The molecule has 2 aliphatic heterocycles. The SMILES string of the molecule is CN1C(=O)c2ccccc2C2(OC(C(C)(C)C)=Nc3ccc(-c4ccccc4)cc32)C1=O. The van der Waals surface area contributed by atoms with Gasteiger partial charge in [-0.2, -0.15) is 0 Å². The second-order valence-electron chi connectivity index (χ2n) is 9.26. The Morgan fingerprint density at radius 3 is 2.25 bits per heavy atom. The number of carbonyl (C=O) groups is 2. The molecule has 0 aromatic heterocycles. The zero-order valence-electron chi connectivity index (χ0n) is 18.5. The average molecular weight is 425 g/mol. The summed E-state index contributed by atoms with van der Waals surface area (Å²) < 4.78 is 6.56. The maximum atomic E-state index is 13.9. The average Bonchev–Trinajstić information content (AvgIpc) is 2.81. The summed E-state index contributed by atoms with van der Waals surface area (Å²) in [4.78, 5) is 32.8. The van der Waals surface area contributed by atoms with E-state index in [9.17, 15) is 9.59 Å². The van der Waals surface area contributed by atoms with Gasteiger partial charge in [0.05, 0.1) is 5.69 Å². The Bertz CT molecular complexity index is 1290. The van der Waals surface area contributed by atoms with Crippen LogP contribution in [-0.4, -0.2) is 29.7 Å². The molecule has 0 radical (unpaired) electrons. The van der Waals surface area contributed by atoms with Crippen LogP contribution in [0, 0.1) is 5.41 Å². The Labute approximate surface area is 187 Å². The van der Waals surface area contributed by atoms with Crippen LogP contribution in [0.15, 0.2) is 77.8 Å². The van der Waals surface area contributed by atoms with Crippen molar-refractivity contribution in [1.29, 1.82) is 0 Å². The number of aliphatic imine (C=N–C) groups is 1. The van der Waals surface area contributed by atoms with E-state index in [0.717, 1.165) is 16.0 Å². The summed E-state index contributed by atoms with van der Waals surface area (Å²) in [6.07, 6.45) is 0. The van der Waals surface area contributed by atoms with Crippen molar-refractivity contribution in [3.63, 3.8) is 0 Å². The molecule has 0 bridgehead atoms. The van der Waals surface area contributed by atoms with E-state index in [1.807, 2.05) is 81.4 Å². The summed E-state index contributed by atoms with van der Waals surface area (Å²) in [6, 6.07) is 23.1. The number of rotatable bonds is 1. The van der Waals surface area contributed by atoms with E-state index in [1.165, 1.54) is 7.05 Å². The Kier molecular flexibility index (Phi) is 4.35. The summed E-state index contributed by atoms with van der Waals surface area (Å²) in [5.41, 5.74) is 2.39. The normalized spacial score (nSPS) is 19.9. The minimum atomic E-state index is -1.48. The van der Waals surface area contributed by atoms with Crippen LogP contribution in [0.5, 0.6) is 0 Å². The predicted molar refractivity (Wildman–Crippen MR) is 124 cm³/mol. The van der Waals surface area contributed by atoms with Gasteiger partial charge in [-0.05, 0) is 29.3 Å². The van der Waals surface area contributed by atoms with E-state index < -0.39 is 16.9 Å². The molecule has 160 valence electrons. The van der Waals surface area contributed by atoms with Crippen molar-refractivity contribution in [1.82, 2.24) is 4.90 Å². The van der Waals surface area contributed by atoms with Crippen LogP contribution in [0.2, 0.25) is 0 Å². The molecule has 3 aromatic carbocycles. The van der Waals surface area contributed by atoms with Crippen LogP contribution in [-0.2, 0) is 15.1 Å². The van der Waals surface area contributed by atoms with Gasteiger partial charge >= 0.3 is 0 Å². The highest BCUT2D eigenvalue weighted by atomic mass is 16.5. The third kappa shape index (κ3) is 2.81. The zero-order chi connectivity index (χ0) is 22.7. The maximum Gasteiger partial charge on any atom is 0.283 e. The largest absolute Gasteiger partial charge is 0.454 e. The van der Waals surface area contributed by atoms with Crippen molar-refractivity contribution in [3.05, 3.63) is 89.5 Å². The molecule has 5 nitrogen and oxygen atoms in total. The van der Waals surface area contributed by atoms with Gasteiger partial charge < -0.3 is 4.74 Å². The van der Waals surface area contributed by atoms with Gasteiger partial charge in [0.1, 0.15) is 0 Å². The van der Waals surface area contributed by atoms with E-state index >= 15 is 0 Å². The lowest BCUT2D eigenvalue weighted by Crippen LogP contribution is -2.57. The van der Waals surface area contributed by atoms with Crippen molar-refractivity contribution in [3.8, 4) is 11.1 Å². The number of nitrogens with zero attached hydrogens (tertiary/aromatic N) is 2. The molecule has 0 saturated carbocycles. The maximum absolute atomic E-state index is 13.9. The minimum Gasteiger partial charge on any atom is -0.454 e. The number of hydrogen-bond acceptors (Lipinski definition) is 4. The number of amides is 2. The fourth-order valence-electron chi connectivity index (χ4n) is 4.34. The third-order valence-electron chi connectivity index (χ3n) is 6.04. The van der Waals surface area contributed by atoms with Crippen LogP contribution in [0.25, 0.3) is 11.1 Å². The first-order valence-corrected chi connectivity index (χ1v) is 10.6. The lowest BCUT2D eigenvalue weighted by atomic mass is 9.76. The molecule has 0 N–H and O–H groups in total. The Balaban J connectivity index is 1.86. The van der Waals surface area contributed by atoms with E-state index in [1.54, 1.807) is 12.1 Å². The molecule has 0 fully saturated rings. The van der Waals surface area contributed by atoms with Gasteiger partial charge in [0.25, 0.3) is 11.8 Å². The lowest BCUT2D eigenvalue weighted by Gasteiger charge is -2.44. The highest BCUT2D eigenvalue weighted by Crippen LogP contribution is 2.49. The Hall–Kier alpha value is -3.73. The number of benzene rings is 3. The summed E-state index contributed by atoms with van der Waals surface area (Å²) >= 11 is 0. The summed E-state index contributed by atoms with van der Waals surface area (Å²) in [5.74, 6) is -0.284. The molecule has 1 atom stereocenters.